The van der Waals surface area contributed by atoms with Crippen molar-refractivity contribution in [3.8, 4) is 0 Å². The molecule has 0 aromatic rings. The molecule has 0 bridgehead atoms. The van der Waals surface area contributed by atoms with E-state index in [1.165, 1.54) is 0 Å². The molecule has 0 aliphatic heterocycles. The summed E-state index contributed by atoms with van der Waals surface area (Å²) in [6.45, 7) is 6.98. The molecule has 0 fully saturated rings. The van der Waals surface area contributed by atoms with Crippen LogP contribution in [0, 0.1) is 5.92 Å². The van der Waals surface area contributed by atoms with Crippen LogP contribution in [-0.2, 0) is 14.6 Å². The third kappa shape index (κ3) is 10.4. The molecular formula is C11H25NO3S. The minimum atomic E-state index is -2.98. The Hall–Kier alpha value is -0.130. The van der Waals surface area contributed by atoms with Gasteiger partial charge in [0.1, 0.15) is 0 Å². The maximum Gasteiger partial charge on any atom is 0.152 e. The second-order valence-corrected chi connectivity index (χ2v) is 7.02. The predicted octanol–water partition coefficient (Wildman–Crippen LogP) is 1.20. The average Bonchev–Trinajstić information content (AvgIpc) is 2.14. The summed E-state index contributed by atoms with van der Waals surface area (Å²) in [4.78, 5) is 0. The summed E-state index contributed by atoms with van der Waals surface area (Å²) in [6.07, 6.45) is 1.49. The molecular weight excluding hydrogens is 226 g/mol. The van der Waals surface area contributed by atoms with E-state index in [4.69, 9.17) is 10.5 Å². The van der Waals surface area contributed by atoms with Gasteiger partial charge in [0, 0.05) is 12.6 Å². The molecule has 0 heterocycles. The molecule has 0 aromatic carbocycles. The number of hydrogen-bond donors (Lipinski definition) is 1. The molecule has 1 unspecified atom stereocenters. The predicted molar refractivity (Wildman–Crippen MR) is 67.2 cm³/mol. The Morgan fingerprint density at radius 1 is 1.06 bits per heavy atom. The van der Waals surface area contributed by atoms with Crippen LogP contribution >= 0.6 is 0 Å². The molecule has 0 saturated carbocycles. The molecule has 4 nitrogen and oxygen atoms in total. The van der Waals surface area contributed by atoms with E-state index in [0.29, 0.717) is 25.6 Å². The van der Waals surface area contributed by atoms with Gasteiger partial charge in [0.05, 0.1) is 18.1 Å². The molecule has 2 N–H and O–H groups in total. The van der Waals surface area contributed by atoms with E-state index in [1.807, 2.05) is 6.92 Å². The molecule has 0 aliphatic carbocycles. The lowest BCUT2D eigenvalue weighted by atomic mass is 10.1. The van der Waals surface area contributed by atoms with Gasteiger partial charge in [-0.05, 0) is 25.7 Å². The van der Waals surface area contributed by atoms with Crippen molar-refractivity contribution in [1.82, 2.24) is 0 Å². The molecule has 1 atom stereocenters. The minimum Gasteiger partial charge on any atom is -0.380 e. The molecule has 0 rings (SSSR count). The lowest BCUT2D eigenvalue weighted by molar-refractivity contribution is 0.137. The normalized spacial score (nSPS) is 14.3. The summed E-state index contributed by atoms with van der Waals surface area (Å²) in [6, 6.07) is -0.0587. The average molecular weight is 251 g/mol. The molecule has 0 amide bonds. The second kappa shape index (κ2) is 8.03. The van der Waals surface area contributed by atoms with Crippen molar-refractivity contribution in [3.63, 3.8) is 0 Å². The fourth-order valence-electron chi connectivity index (χ4n) is 1.07. The quantitative estimate of drug-likeness (QED) is 0.625. The van der Waals surface area contributed by atoms with E-state index in [1.54, 1.807) is 0 Å². The molecule has 5 heteroatoms. The highest BCUT2D eigenvalue weighted by atomic mass is 32.2. The van der Waals surface area contributed by atoms with Gasteiger partial charge in [-0.3, -0.25) is 0 Å². The van der Waals surface area contributed by atoms with Crippen LogP contribution in [0.15, 0.2) is 0 Å². The molecule has 0 saturated heterocycles. The third-order valence-electron chi connectivity index (χ3n) is 2.26. The number of ether oxygens (including phenoxy) is 1. The molecule has 0 aromatic heterocycles. The van der Waals surface area contributed by atoms with Gasteiger partial charge in [0.25, 0.3) is 0 Å². The molecule has 98 valence electrons. The van der Waals surface area contributed by atoms with Crippen LogP contribution in [0.5, 0.6) is 0 Å². The zero-order chi connectivity index (χ0) is 12.6. The fraction of sp³-hybridized carbons (Fsp3) is 1.00. The zero-order valence-corrected chi connectivity index (χ0v) is 11.4. The number of hydrogen-bond acceptors (Lipinski definition) is 4. The Kier molecular flexibility index (Phi) is 7.97. The Labute approximate surface area is 99.5 Å². The first-order chi connectivity index (χ1) is 7.33. The maximum absolute atomic E-state index is 11.5. The Morgan fingerprint density at radius 3 is 2.19 bits per heavy atom. The molecule has 16 heavy (non-hydrogen) atoms. The van der Waals surface area contributed by atoms with Gasteiger partial charge < -0.3 is 10.5 Å². The SMILES string of the molecule is CC(C)CCOCCS(=O)(=O)CCC(C)N. The van der Waals surface area contributed by atoms with Crippen molar-refractivity contribution in [2.45, 2.75) is 39.7 Å². The Balaban J connectivity index is 3.59. The Morgan fingerprint density at radius 2 is 1.69 bits per heavy atom. The molecule has 0 radical (unpaired) electrons. The van der Waals surface area contributed by atoms with Crippen LogP contribution in [0.3, 0.4) is 0 Å². The first-order valence-corrected chi connectivity index (χ1v) is 7.69. The van der Waals surface area contributed by atoms with E-state index < -0.39 is 9.84 Å². The smallest absolute Gasteiger partial charge is 0.152 e. The van der Waals surface area contributed by atoms with Gasteiger partial charge in [-0.1, -0.05) is 13.8 Å². The van der Waals surface area contributed by atoms with E-state index >= 15 is 0 Å². The van der Waals surface area contributed by atoms with Gasteiger partial charge in [0.15, 0.2) is 9.84 Å². The van der Waals surface area contributed by atoms with Crippen molar-refractivity contribution in [1.29, 1.82) is 0 Å². The Bertz CT molecular complexity index is 260. The van der Waals surface area contributed by atoms with Crippen molar-refractivity contribution < 1.29 is 13.2 Å². The van der Waals surface area contributed by atoms with Gasteiger partial charge in [-0.15, -0.1) is 0 Å². The van der Waals surface area contributed by atoms with Crippen LogP contribution < -0.4 is 5.73 Å². The summed E-state index contributed by atoms with van der Waals surface area (Å²) in [5.41, 5.74) is 5.51. The van der Waals surface area contributed by atoms with E-state index in [-0.39, 0.29) is 17.5 Å². The van der Waals surface area contributed by atoms with Crippen LogP contribution in [0.1, 0.15) is 33.6 Å². The first kappa shape index (κ1) is 15.9. The number of sulfone groups is 1. The van der Waals surface area contributed by atoms with Crippen molar-refractivity contribution in [2.24, 2.45) is 11.7 Å². The lowest BCUT2D eigenvalue weighted by Crippen LogP contribution is -2.23. The van der Waals surface area contributed by atoms with Crippen LogP contribution in [0.4, 0.5) is 0 Å². The van der Waals surface area contributed by atoms with Crippen molar-refractivity contribution in [3.05, 3.63) is 0 Å². The first-order valence-electron chi connectivity index (χ1n) is 5.87. The minimum absolute atomic E-state index is 0.0587. The van der Waals surface area contributed by atoms with Crippen LogP contribution in [0.2, 0.25) is 0 Å². The van der Waals surface area contributed by atoms with Crippen LogP contribution in [0.25, 0.3) is 0 Å². The monoisotopic (exact) mass is 251 g/mol. The molecule has 0 spiro atoms. The second-order valence-electron chi connectivity index (χ2n) is 4.71. The topological polar surface area (TPSA) is 69.4 Å². The largest absolute Gasteiger partial charge is 0.380 e. The van der Waals surface area contributed by atoms with Gasteiger partial charge in [-0.25, -0.2) is 8.42 Å². The summed E-state index contributed by atoms with van der Waals surface area (Å²) in [5.74, 6) is 0.866. The fourth-order valence-corrected chi connectivity index (χ4v) is 2.38. The summed E-state index contributed by atoms with van der Waals surface area (Å²) < 4.78 is 28.3. The lowest BCUT2D eigenvalue weighted by Gasteiger charge is -2.08. The van der Waals surface area contributed by atoms with Gasteiger partial charge >= 0.3 is 0 Å². The summed E-state index contributed by atoms with van der Waals surface area (Å²) in [5, 5.41) is 0. The van der Waals surface area contributed by atoms with E-state index in [2.05, 4.69) is 13.8 Å². The van der Waals surface area contributed by atoms with Gasteiger partial charge in [-0.2, -0.15) is 0 Å². The summed E-state index contributed by atoms with van der Waals surface area (Å²) >= 11 is 0. The van der Waals surface area contributed by atoms with Crippen molar-refractivity contribution >= 4 is 9.84 Å². The maximum atomic E-state index is 11.5. The van der Waals surface area contributed by atoms with Crippen LogP contribution in [-0.4, -0.2) is 39.2 Å². The standard InChI is InChI=1S/C11H25NO3S/c1-10(2)4-6-15-7-9-16(13,14)8-5-11(3)12/h10-11H,4-9,12H2,1-3H3. The number of rotatable bonds is 9. The highest BCUT2D eigenvalue weighted by Gasteiger charge is 2.11. The number of nitrogens with two attached hydrogens (primary N) is 1. The van der Waals surface area contributed by atoms with E-state index in [9.17, 15) is 8.42 Å². The van der Waals surface area contributed by atoms with Crippen molar-refractivity contribution in [2.75, 3.05) is 24.7 Å². The highest BCUT2D eigenvalue weighted by molar-refractivity contribution is 7.91. The third-order valence-corrected chi connectivity index (χ3v) is 3.91. The zero-order valence-electron chi connectivity index (χ0n) is 10.6. The van der Waals surface area contributed by atoms with E-state index in [0.717, 1.165) is 6.42 Å². The highest BCUT2D eigenvalue weighted by Crippen LogP contribution is 2.00. The molecule has 0 aliphatic rings. The van der Waals surface area contributed by atoms with Gasteiger partial charge in [0.2, 0.25) is 0 Å². The summed E-state index contributed by atoms with van der Waals surface area (Å²) in [7, 11) is -2.98.